The van der Waals surface area contributed by atoms with Crippen LogP contribution in [0.25, 0.3) is 0 Å². The van der Waals surface area contributed by atoms with Crippen molar-refractivity contribution in [2.45, 2.75) is 31.2 Å². The van der Waals surface area contributed by atoms with E-state index in [1.807, 2.05) is 44.2 Å². The Morgan fingerprint density at radius 2 is 1.88 bits per heavy atom. The van der Waals surface area contributed by atoms with Gasteiger partial charge in [0.2, 0.25) is 5.91 Å². The second-order valence-electron chi connectivity index (χ2n) is 7.13. The second kappa shape index (κ2) is 6.23. The van der Waals surface area contributed by atoms with Crippen molar-refractivity contribution in [3.8, 4) is 0 Å². The van der Waals surface area contributed by atoms with E-state index in [0.717, 1.165) is 17.7 Å². The molecule has 25 heavy (non-hydrogen) atoms. The van der Waals surface area contributed by atoms with Gasteiger partial charge >= 0.3 is 0 Å². The van der Waals surface area contributed by atoms with E-state index in [0.29, 0.717) is 12.0 Å². The fourth-order valence-corrected chi connectivity index (χ4v) is 3.41. The third-order valence-corrected chi connectivity index (χ3v) is 5.09. The van der Waals surface area contributed by atoms with Gasteiger partial charge in [-0.15, -0.1) is 0 Å². The van der Waals surface area contributed by atoms with E-state index in [1.165, 1.54) is 6.07 Å². The molecule has 0 spiro atoms. The summed E-state index contributed by atoms with van der Waals surface area (Å²) in [4.78, 5) is 13.0. The lowest BCUT2D eigenvalue weighted by Crippen LogP contribution is -2.47. The highest BCUT2D eigenvalue weighted by Gasteiger charge is 2.61. The van der Waals surface area contributed by atoms with Gasteiger partial charge in [0.05, 0.1) is 11.0 Å². The molecule has 0 radical (unpaired) electrons. The Hall–Kier alpha value is -2.27. The Kier molecular flexibility index (Phi) is 4.37. The first-order chi connectivity index (χ1) is 11.8. The summed E-state index contributed by atoms with van der Waals surface area (Å²) in [6, 6.07) is 13.0. The van der Waals surface area contributed by atoms with Crippen LogP contribution in [0.1, 0.15) is 31.4 Å². The van der Waals surface area contributed by atoms with Gasteiger partial charge in [-0.3, -0.25) is 4.79 Å². The number of benzene rings is 2. The molecule has 1 aliphatic rings. The molecule has 0 unspecified atom stereocenters. The van der Waals surface area contributed by atoms with Gasteiger partial charge in [0, 0.05) is 12.5 Å². The number of carbonyl (C=O) groups is 1. The highest BCUT2D eigenvalue weighted by Crippen LogP contribution is 2.54. The molecule has 1 amide bonds. The lowest BCUT2D eigenvalue weighted by atomic mass is 9.88. The highest BCUT2D eigenvalue weighted by atomic mass is 19.2. The summed E-state index contributed by atoms with van der Waals surface area (Å²) < 4.78 is 26.9. The largest absolute Gasteiger partial charge is 0.396 e. The Bertz CT molecular complexity index is 792. The molecule has 0 bridgehead atoms. The molecule has 2 aromatic rings. The molecule has 0 aliphatic heterocycles. The fourth-order valence-electron chi connectivity index (χ4n) is 3.41. The minimum absolute atomic E-state index is 0.182. The lowest BCUT2D eigenvalue weighted by molar-refractivity contribution is -0.125. The molecule has 3 rings (SSSR count). The molecular formula is C20H21F2NO2. The summed E-state index contributed by atoms with van der Waals surface area (Å²) in [5.41, 5.74) is -0.321. The number of nitrogens with one attached hydrogen (secondary N) is 1. The number of carbonyl (C=O) groups excluding carboxylic acids is 1. The monoisotopic (exact) mass is 345 g/mol. The van der Waals surface area contributed by atoms with Gasteiger partial charge < -0.3 is 10.4 Å². The van der Waals surface area contributed by atoms with Crippen LogP contribution in [0.5, 0.6) is 0 Å². The fraction of sp³-hybridized carbons (Fsp3) is 0.350. The van der Waals surface area contributed by atoms with Crippen LogP contribution in [-0.2, 0) is 15.7 Å². The Morgan fingerprint density at radius 1 is 1.20 bits per heavy atom. The molecule has 0 aromatic heterocycles. The Balaban J connectivity index is 1.91. The molecule has 1 saturated carbocycles. The van der Waals surface area contributed by atoms with Gasteiger partial charge in [0.15, 0.2) is 11.6 Å². The zero-order valence-corrected chi connectivity index (χ0v) is 14.2. The van der Waals surface area contributed by atoms with Crippen LogP contribution in [0.3, 0.4) is 0 Å². The second-order valence-corrected chi connectivity index (χ2v) is 7.13. The minimum atomic E-state index is -1.02. The van der Waals surface area contributed by atoms with Crippen molar-refractivity contribution in [1.29, 1.82) is 0 Å². The van der Waals surface area contributed by atoms with Gasteiger partial charge in [0.1, 0.15) is 0 Å². The van der Waals surface area contributed by atoms with Crippen molar-refractivity contribution in [1.82, 2.24) is 5.32 Å². The molecular weight excluding hydrogens is 324 g/mol. The van der Waals surface area contributed by atoms with Crippen molar-refractivity contribution in [2.24, 2.45) is 5.92 Å². The van der Waals surface area contributed by atoms with Crippen molar-refractivity contribution in [3.05, 3.63) is 71.3 Å². The van der Waals surface area contributed by atoms with E-state index < -0.39 is 22.6 Å². The van der Waals surface area contributed by atoms with Crippen molar-refractivity contribution in [2.75, 3.05) is 6.61 Å². The van der Waals surface area contributed by atoms with E-state index in [-0.39, 0.29) is 18.4 Å². The van der Waals surface area contributed by atoms with Crippen LogP contribution in [0, 0.1) is 17.6 Å². The first-order valence-corrected chi connectivity index (χ1v) is 8.26. The van der Waals surface area contributed by atoms with Gasteiger partial charge in [0.25, 0.3) is 0 Å². The maximum absolute atomic E-state index is 13.7. The molecule has 2 aromatic carbocycles. The highest BCUT2D eigenvalue weighted by molar-refractivity contribution is 5.92. The average Bonchev–Trinajstić information content (AvgIpc) is 3.34. The number of rotatable bonds is 5. The average molecular weight is 345 g/mol. The van der Waals surface area contributed by atoms with Crippen LogP contribution in [0.4, 0.5) is 8.78 Å². The molecule has 5 heteroatoms. The summed E-state index contributed by atoms with van der Waals surface area (Å²) in [7, 11) is 0. The molecule has 2 atom stereocenters. The standard InChI is InChI=1S/C20H21F2NO2/c1-19(2,13-6-4-3-5-7-13)23-18(25)20(11-15(20)12-24)14-8-9-16(21)17(22)10-14/h3-10,15,24H,11-12H2,1-2H3,(H,23,25)/t15-,20+/m0/s1. The third-order valence-electron chi connectivity index (χ3n) is 5.09. The number of amides is 1. The van der Waals surface area contributed by atoms with Crippen molar-refractivity contribution >= 4 is 5.91 Å². The number of aliphatic hydroxyl groups excluding tert-OH is 1. The molecule has 1 fully saturated rings. The zero-order chi connectivity index (χ0) is 18.2. The van der Waals surface area contributed by atoms with Gasteiger partial charge in [-0.05, 0) is 43.5 Å². The predicted octanol–water partition coefficient (Wildman–Crippen LogP) is 3.27. The molecule has 3 nitrogen and oxygen atoms in total. The van der Waals surface area contributed by atoms with Crippen LogP contribution in [0.15, 0.2) is 48.5 Å². The van der Waals surface area contributed by atoms with Crippen LogP contribution < -0.4 is 5.32 Å². The number of halogens is 2. The van der Waals surface area contributed by atoms with E-state index >= 15 is 0 Å². The van der Waals surface area contributed by atoms with Gasteiger partial charge in [-0.2, -0.15) is 0 Å². The van der Waals surface area contributed by atoms with Crippen molar-refractivity contribution < 1.29 is 18.7 Å². The van der Waals surface area contributed by atoms with Gasteiger partial charge in [-0.25, -0.2) is 8.78 Å². The quantitative estimate of drug-likeness (QED) is 0.874. The van der Waals surface area contributed by atoms with E-state index in [9.17, 15) is 18.7 Å². The topological polar surface area (TPSA) is 49.3 Å². The molecule has 2 N–H and O–H groups in total. The first kappa shape index (κ1) is 17.5. The number of hydrogen-bond acceptors (Lipinski definition) is 2. The maximum atomic E-state index is 13.7. The normalized spacial score (nSPS) is 22.5. The molecule has 132 valence electrons. The number of hydrogen-bond donors (Lipinski definition) is 2. The number of aliphatic hydroxyl groups is 1. The summed E-state index contributed by atoms with van der Waals surface area (Å²) in [5.74, 6) is -2.53. The zero-order valence-electron chi connectivity index (χ0n) is 14.2. The third kappa shape index (κ3) is 3.04. The van der Waals surface area contributed by atoms with E-state index in [1.54, 1.807) is 0 Å². The minimum Gasteiger partial charge on any atom is -0.396 e. The molecule has 0 heterocycles. The van der Waals surface area contributed by atoms with Gasteiger partial charge in [-0.1, -0.05) is 36.4 Å². The molecule has 0 saturated heterocycles. The smallest absolute Gasteiger partial charge is 0.231 e. The predicted molar refractivity (Wildman–Crippen MR) is 90.8 cm³/mol. The first-order valence-electron chi connectivity index (χ1n) is 8.26. The lowest BCUT2D eigenvalue weighted by Gasteiger charge is -2.30. The van der Waals surface area contributed by atoms with Crippen LogP contribution in [-0.4, -0.2) is 17.6 Å². The summed E-state index contributed by atoms with van der Waals surface area (Å²) >= 11 is 0. The Morgan fingerprint density at radius 3 is 2.44 bits per heavy atom. The molecule has 1 aliphatic carbocycles. The summed E-state index contributed by atoms with van der Waals surface area (Å²) in [5, 5.41) is 12.5. The van der Waals surface area contributed by atoms with Crippen LogP contribution in [0.2, 0.25) is 0 Å². The van der Waals surface area contributed by atoms with E-state index in [4.69, 9.17) is 0 Å². The SMILES string of the molecule is CC(C)(NC(=O)[C@@]1(c2ccc(F)c(F)c2)C[C@H]1CO)c1ccccc1. The summed E-state index contributed by atoms with van der Waals surface area (Å²) in [6.45, 7) is 3.59. The summed E-state index contributed by atoms with van der Waals surface area (Å²) in [6.07, 6.45) is 0.408. The van der Waals surface area contributed by atoms with Crippen LogP contribution >= 0.6 is 0 Å². The Labute approximate surface area is 145 Å². The van der Waals surface area contributed by atoms with Crippen molar-refractivity contribution in [3.63, 3.8) is 0 Å². The van der Waals surface area contributed by atoms with E-state index in [2.05, 4.69) is 5.32 Å². The maximum Gasteiger partial charge on any atom is 0.231 e.